The van der Waals surface area contributed by atoms with Crippen LogP contribution in [0.25, 0.3) is 11.5 Å². The highest BCUT2D eigenvalue weighted by molar-refractivity contribution is 6.30. The van der Waals surface area contributed by atoms with Crippen molar-refractivity contribution >= 4 is 23.7 Å². The molecule has 0 radical (unpaired) electrons. The van der Waals surface area contributed by atoms with Gasteiger partial charge in [0.2, 0.25) is 5.89 Å². The van der Waals surface area contributed by atoms with Gasteiger partial charge < -0.3 is 19.0 Å². The van der Waals surface area contributed by atoms with Crippen LogP contribution < -0.4 is 4.74 Å². The van der Waals surface area contributed by atoms with Crippen molar-refractivity contribution in [1.82, 2.24) is 9.88 Å². The Hall–Kier alpha value is -3.59. The Bertz CT molecular complexity index is 1170. The molecule has 0 atom stereocenters. The van der Waals surface area contributed by atoms with Crippen LogP contribution in [0.2, 0.25) is 5.02 Å². The van der Waals surface area contributed by atoms with Crippen molar-refractivity contribution in [1.29, 1.82) is 0 Å². The van der Waals surface area contributed by atoms with Gasteiger partial charge in [0.15, 0.2) is 0 Å². The van der Waals surface area contributed by atoms with Gasteiger partial charge in [-0.05, 0) is 55.8 Å². The summed E-state index contributed by atoms with van der Waals surface area (Å²) in [7, 11) is 0. The molecule has 3 aromatic rings. The molecule has 1 N–H and O–H groups in total. The number of hydrogen-bond acceptors (Lipinski definition) is 6. The van der Waals surface area contributed by atoms with Gasteiger partial charge in [-0.15, -0.1) is 0 Å². The molecule has 0 saturated carbocycles. The number of amides is 1. The second kappa shape index (κ2) is 12.2. The summed E-state index contributed by atoms with van der Waals surface area (Å²) in [6, 6.07) is 11.1. The van der Waals surface area contributed by atoms with Crippen molar-refractivity contribution in [3.63, 3.8) is 0 Å². The number of carboxylic acids is 1. The molecular formula is C25H26ClFN2O6. The zero-order valence-corrected chi connectivity index (χ0v) is 20.2. The third-order valence-electron chi connectivity index (χ3n) is 5.05. The first-order valence-corrected chi connectivity index (χ1v) is 11.4. The van der Waals surface area contributed by atoms with Crippen LogP contribution in [0.15, 0.2) is 46.9 Å². The maximum Gasteiger partial charge on any atom is 0.410 e. The van der Waals surface area contributed by atoms with Gasteiger partial charge in [0, 0.05) is 16.1 Å². The van der Waals surface area contributed by atoms with E-state index >= 15 is 0 Å². The number of oxazole rings is 1. The van der Waals surface area contributed by atoms with E-state index < -0.39 is 24.4 Å². The molecule has 1 heterocycles. The van der Waals surface area contributed by atoms with E-state index in [1.165, 1.54) is 18.2 Å². The minimum Gasteiger partial charge on any atom is -0.487 e. The number of nitrogens with zero attached hydrogens (tertiary/aromatic N) is 2. The topological polar surface area (TPSA) is 102 Å². The highest BCUT2D eigenvalue weighted by atomic mass is 35.5. The van der Waals surface area contributed by atoms with Crippen LogP contribution in [0.4, 0.5) is 9.18 Å². The largest absolute Gasteiger partial charge is 0.487 e. The Balaban J connectivity index is 1.70. The summed E-state index contributed by atoms with van der Waals surface area (Å²) in [4.78, 5) is 28.9. The second-order valence-corrected chi connectivity index (χ2v) is 8.22. The van der Waals surface area contributed by atoms with Crippen LogP contribution in [-0.4, -0.2) is 40.2 Å². The van der Waals surface area contributed by atoms with Crippen LogP contribution in [0.3, 0.4) is 0 Å². The van der Waals surface area contributed by atoms with Gasteiger partial charge in [0.1, 0.15) is 36.2 Å². The third kappa shape index (κ3) is 7.45. The van der Waals surface area contributed by atoms with Gasteiger partial charge >= 0.3 is 12.1 Å². The Morgan fingerprint density at radius 3 is 2.63 bits per heavy atom. The molecule has 35 heavy (non-hydrogen) atoms. The lowest BCUT2D eigenvalue weighted by Crippen LogP contribution is -2.36. The number of hydrogen-bond donors (Lipinski definition) is 1. The molecular weight excluding hydrogens is 479 g/mol. The Labute approximate surface area is 207 Å². The smallest absolute Gasteiger partial charge is 0.410 e. The normalized spacial score (nSPS) is 10.7. The number of carboxylic acid groups (broad SMARTS) is 1. The van der Waals surface area contributed by atoms with Crippen LogP contribution in [0, 0.1) is 12.7 Å². The Morgan fingerprint density at radius 2 is 1.94 bits per heavy atom. The fourth-order valence-electron chi connectivity index (χ4n) is 3.14. The number of carbonyl (C=O) groups excluding carboxylic acids is 1. The summed E-state index contributed by atoms with van der Waals surface area (Å²) in [6.45, 7) is 3.00. The number of carbonyl (C=O) groups is 2. The van der Waals surface area contributed by atoms with Crippen LogP contribution in [0.5, 0.6) is 5.75 Å². The standard InChI is InChI=1S/C25H26ClFN2O6/c1-3-4-11-33-25(32)29(14-23(30)31)13-18-12-20(9-10-21(18)27)34-15-22-16(2)35-24(28-22)17-5-7-19(26)8-6-17/h5-10,12H,3-4,11,13-15H2,1-2H3,(H,30,31). The molecule has 8 nitrogen and oxygen atoms in total. The number of ether oxygens (including phenoxy) is 2. The number of aliphatic carboxylic acids is 1. The van der Waals surface area contributed by atoms with Crippen molar-refractivity contribution in [2.24, 2.45) is 0 Å². The number of benzene rings is 2. The third-order valence-corrected chi connectivity index (χ3v) is 5.30. The molecule has 0 spiro atoms. The first-order valence-electron chi connectivity index (χ1n) is 11.0. The van der Waals surface area contributed by atoms with E-state index in [-0.39, 0.29) is 25.3 Å². The maximum absolute atomic E-state index is 14.5. The number of unbranched alkanes of at least 4 members (excludes halogenated alkanes) is 1. The predicted octanol–water partition coefficient (Wildman–Crippen LogP) is 5.84. The fourth-order valence-corrected chi connectivity index (χ4v) is 3.27. The van der Waals surface area contributed by atoms with Crippen LogP contribution in [0.1, 0.15) is 36.8 Å². The first kappa shape index (κ1) is 26.0. The lowest BCUT2D eigenvalue weighted by molar-refractivity contribution is -0.138. The summed E-state index contributed by atoms with van der Waals surface area (Å²) >= 11 is 5.92. The van der Waals surface area contributed by atoms with E-state index in [9.17, 15) is 14.0 Å². The molecule has 0 fully saturated rings. The van der Waals surface area contributed by atoms with Crippen molar-refractivity contribution < 1.29 is 33.0 Å². The molecule has 0 unspecified atom stereocenters. The van der Waals surface area contributed by atoms with E-state index in [0.717, 1.165) is 16.9 Å². The zero-order valence-electron chi connectivity index (χ0n) is 19.4. The lowest BCUT2D eigenvalue weighted by atomic mass is 10.2. The van der Waals surface area contributed by atoms with Crippen molar-refractivity contribution in [2.45, 2.75) is 39.8 Å². The minimum absolute atomic E-state index is 0.0614. The maximum atomic E-state index is 14.5. The zero-order chi connectivity index (χ0) is 25.4. The number of aromatic nitrogens is 1. The number of aryl methyl sites for hydroxylation is 1. The Morgan fingerprint density at radius 1 is 1.20 bits per heavy atom. The van der Waals surface area contributed by atoms with Gasteiger partial charge in [-0.25, -0.2) is 14.2 Å². The Kier molecular flexibility index (Phi) is 9.08. The number of rotatable bonds is 11. The highest BCUT2D eigenvalue weighted by Crippen LogP contribution is 2.25. The van der Waals surface area contributed by atoms with Gasteiger partial charge in [-0.1, -0.05) is 24.9 Å². The first-order chi connectivity index (χ1) is 16.8. The SMILES string of the molecule is CCCCOC(=O)N(CC(=O)O)Cc1cc(OCc2nc(-c3ccc(Cl)cc3)oc2C)ccc1F. The molecule has 2 aromatic carbocycles. The summed E-state index contributed by atoms with van der Waals surface area (Å²) in [5.41, 5.74) is 1.42. The van der Waals surface area contributed by atoms with Gasteiger partial charge in [0.05, 0.1) is 13.2 Å². The fraction of sp³-hybridized carbons (Fsp3) is 0.320. The van der Waals surface area contributed by atoms with E-state index in [4.69, 9.17) is 30.6 Å². The van der Waals surface area contributed by atoms with E-state index in [1.807, 2.05) is 6.92 Å². The molecule has 0 aliphatic carbocycles. The average Bonchev–Trinajstić information content (AvgIpc) is 3.19. The summed E-state index contributed by atoms with van der Waals surface area (Å²) in [5.74, 6) is -0.519. The van der Waals surface area contributed by atoms with Gasteiger partial charge in [-0.3, -0.25) is 9.69 Å². The minimum atomic E-state index is -1.23. The molecule has 0 saturated heterocycles. The van der Waals surface area contributed by atoms with Crippen molar-refractivity contribution in [3.8, 4) is 17.2 Å². The van der Waals surface area contributed by atoms with Gasteiger partial charge in [0.25, 0.3) is 0 Å². The van der Waals surface area contributed by atoms with Crippen molar-refractivity contribution in [3.05, 3.63) is 70.3 Å². The van der Waals surface area contributed by atoms with Crippen molar-refractivity contribution in [2.75, 3.05) is 13.2 Å². The highest BCUT2D eigenvalue weighted by Gasteiger charge is 2.21. The summed E-state index contributed by atoms with van der Waals surface area (Å²) in [6.07, 6.45) is 0.636. The molecule has 1 amide bonds. The van der Waals surface area contributed by atoms with Crippen LogP contribution >= 0.6 is 11.6 Å². The summed E-state index contributed by atoms with van der Waals surface area (Å²) in [5, 5.41) is 9.75. The summed E-state index contributed by atoms with van der Waals surface area (Å²) < 4.78 is 31.1. The molecule has 186 valence electrons. The van der Waals surface area contributed by atoms with E-state index in [0.29, 0.717) is 34.5 Å². The average molecular weight is 505 g/mol. The van der Waals surface area contributed by atoms with Crippen LogP contribution in [-0.2, 0) is 22.7 Å². The molecule has 0 aliphatic heterocycles. The molecule has 3 rings (SSSR count). The monoisotopic (exact) mass is 504 g/mol. The molecule has 0 bridgehead atoms. The van der Waals surface area contributed by atoms with Gasteiger partial charge in [-0.2, -0.15) is 0 Å². The molecule has 10 heteroatoms. The number of halogens is 2. The quantitative estimate of drug-likeness (QED) is 0.327. The molecule has 1 aromatic heterocycles. The van der Waals surface area contributed by atoms with E-state index in [1.54, 1.807) is 31.2 Å². The predicted molar refractivity (Wildman–Crippen MR) is 127 cm³/mol. The molecule has 0 aliphatic rings. The lowest BCUT2D eigenvalue weighted by Gasteiger charge is -2.21. The van der Waals surface area contributed by atoms with E-state index in [2.05, 4.69) is 4.98 Å². The second-order valence-electron chi connectivity index (χ2n) is 7.79.